The number of ether oxygens (including phenoxy) is 1. The zero-order valence-electron chi connectivity index (χ0n) is 15.3. The second kappa shape index (κ2) is 8.28. The molecule has 28 heavy (non-hydrogen) atoms. The first-order valence-electron chi connectivity index (χ1n) is 9.14. The van der Waals surface area contributed by atoms with E-state index in [1.165, 1.54) is 23.7 Å². The Labute approximate surface area is 171 Å². The van der Waals surface area contributed by atoms with Gasteiger partial charge in [0, 0.05) is 18.4 Å². The summed E-state index contributed by atoms with van der Waals surface area (Å²) in [7, 11) is 0. The van der Waals surface area contributed by atoms with Gasteiger partial charge in [-0.15, -0.1) is 0 Å². The van der Waals surface area contributed by atoms with Crippen molar-refractivity contribution in [1.29, 1.82) is 0 Å². The number of hydrogen-bond donors (Lipinski definition) is 1. The van der Waals surface area contributed by atoms with Crippen LogP contribution in [0.5, 0.6) is 6.01 Å². The maximum absolute atomic E-state index is 12.7. The molecule has 1 N–H and O–H groups in total. The van der Waals surface area contributed by atoms with Crippen molar-refractivity contribution in [3.05, 3.63) is 52.5 Å². The van der Waals surface area contributed by atoms with Gasteiger partial charge >= 0.3 is 6.01 Å². The molecule has 0 spiro atoms. The largest absolute Gasteiger partial charge is 0.460 e. The van der Waals surface area contributed by atoms with Gasteiger partial charge in [0.2, 0.25) is 0 Å². The van der Waals surface area contributed by atoms with Crippen LogP contribution in [0.2, 0.25) is 5.02 Å². The van der Waals surface area contributed by atoms with Gasteiger partial charge < -0.3 is 14.6 Å². The van der Waals surface area contributed by atoms with E-state index in [1.807, 2.05) is 36.0 Å². The third-order valence-electron chi connectivity index (χ3n) is 4.70. The molecule has 0 bridgehead atoms. The molecule has 1 amide bonds. The van der Waals surface area contributed by atoms with Crippen LogP contribution in [-0.2, 0) is 0 Å². The SMILES string of the molecule is Cc1nc(-n2cccc2)sc1C(=O)NC1CCC(Oc2ncc(Cl)cn2)CC1. The Kier molecular flexibility index (Phi) is 5.59. The predicted molar refractivity (Wildman–Crippen MR) is 107 cm³/mol. The summed E-state index contributed by atoms with van der Waals surface area (Å²) in [4.78, 5) is 26.0. The van der Waals surface area contributed by atoms with Crippen LogP contribution < -0.4 is 10.1 Å². The summed E-state index contributed by atoms with van der Waals surface area (Å²) in [6, 6.07) is 4.35. The van der Waals surface area contributed by atoms with E-state index in [1.54, 1.807) is 0 Å². The van der Waals surface area contributed by atoms with Crippen LogP contribution in [0.4, 0.5) is 0 Å². The lowest BCUT2D eigenvalue weighted by Gasteiger charge is -2.28. The molecule has 1 aliphatic rings. The van der Waals surface area contributed by atoms with Gasteiger partial charge in [-0.3, -0.25) is 4.79 Å². The molecule has 4 rings (SSSR count). The number of rotatable bonds is 5. The fraction of sp³-hybridized carbons (Fsp3) is 0.368. The Morgan fingerprint density at radius 3 is 2.57 bits per heavy atom. The Bertz CT molecular complexity index is 934. The van der Waals surface area contributed by atoms with Gasteiger partial charge in [-0.05, 0) is 44.7 Å². The van der Waals surface area contributed by atoms with Crippen molar-refractivity contribution >= 4 is 28.8 Å². The van der Waals surface area contributed by atoms with Crippen LogP contribution >= 0.6 is 22.9 Å². The first-order valence-corrected chi connectivity index (χ1v) is 10.3. The van der Waals surface area contributed by atoms with Gasteiger partial charge in [0.05, 0.1) is 23.1 Å². The lowest BCUT2D eigenvalue weighted by Crippen LogP contribution is -2.39. The summed E-state index contributed by atoms with van der Waals surface area (Å²) < 4.78 is 7.72. The number of nitrogens with zero attached hydrogens (tertiary/aromatic N) is 4. The lowest BCUT2D eigenvalue weighted by atomic mass is 9.93. The zero-order valence-corrected chi connectivity index (χ0v) is 16.9. The summed E-state index contributed by atoms with van der Waals surface area (Å²) in [5.74, 6) is -0.0567. The van der Waals surface area contributed by atoms with E-state index in [9.17, 15) is 4.79 Å². The third-order valence-corrected chi connectivity index (χ3v) is 6.06. The van der Waals surface area contributed by atoms with E-state index in [2.05, 4.69) is 20.3 Å². The summed E-state index contributed by atoms with van der Waals surface area (Å²) in [5, 5.41) is 4.43. The molecule has 146 valence electrons. The predicted octanol–water partition coefficient (Wildman–Crippen LogP) is 3.81. The van der Waals surface area contributed by atoms with Crippen molar-refractivity contribution in [2.75, 3.05) is 0 Å². The molecule has 0 radical (unpaired) electrons. The number of carbonyl (C=O) groups excluding carboxylic acids is 1. The van der Waals surface area contributed by atoms with Crippen LogP contribution in [-0.4, -0.2) is 37.6 Å². The second-order valence-corrected chi connectivity index (χ2v) is 8.16. The van der Waals surface area contributed by atoms with Crippen molar-refractivity contribution in [2.45, 2.75) is 44.8 Å². The molecular weight excluding hydrogens is 398 g/mol. The van der Waals surface area contributed by atoms with E-state index in [0.717, 1.165) is 36.5 Å². The van der Waals surface area contributed by atoms with E-state index in [4.69, 9.17) is 16.3 Å². The molecule has 0 aliphatic heterocycles. The van der Waals surface area contributed by atoms with Crippen molar-refractivity contribution in [1.82, 2.24) is 24.8 Å². The average Bonchev–Trinajstić information content (AvgIpc) is 3.35. The molecule has 7 nitrogen and oxygen atoms in total. The van der Waals surface area contributed by atoms with Crippen molar-refractivity contribution in [3.63, 3.8) is 0 Å². The van der Waals surface area contributed by atoms with Crippen LogP contribution in [0.15, 0.2) is 36.9 Å². The molecule has 0 saturated heterocycles. The van der Waals surface area contributed by atoms with E-state index < -0.39 is 0 Å². The normalized spacial score (nSPS) is 19.4. The van der Waals surface area contributed by atoms with Crippen LogP contribution in [0.25, 0.3) is 5.13 Å². The van der Waals surface area contributed by atoms with Crippen molar-refractivity contribution < 1.29 is 9.53 Å². The minimum atomic E-state index is -0.0567. The molecule has 3 aromatic rings. The fourth-order valence-electron chi connectivity index (χ4n) is 3.25. The molecular formula is C19H20ClN5O2S. The monoisotopic (exact) mass is 417 g/mol. The fourth-order valence-corrected chi connectivity index (χ4v) is 4.29. The Morgan fingerprint density at radius 2 is 1.89 bits per heavy atom. The molecule has 3 aromatic heterocycles. The average molecular weight is 418 g/mol. The summed E-state index contributed by atoms with van der Waals surface area (Å²) in [6.45, 7) is 1.87. The summed E-state index contributed by atoms with van der Waals surface area (Å²) >= 11 is 7.19. The number of aromatic nitrogens is 4. The summed E-state index contributed by atoms with van der Waals surface area (Å²) in [6.07, 6.45) is 10.3. The molecule has 3 heterocycles. The minimum Gasteiger partial charge on any atom is -0.460 e. The smallest absolute Gasteiger partial charge is 0.316 e. The van der Waals surface area contributed by atoms with Crippen LogP contribution in [0.1, 0.15) is 41.0 Å². The maximum atomic E-state index is 12.7. The van der Waals surface area contributed by atoms with Crippen molar-refractivity contribution in [2.24, 2.45) is 0 Å². The maximum Gasteiger partial charge on any atom is 0.316 e. The van der Waals surface area contributed by atoms with Crippen molar-refractivity contribution in [3.8, 4) is 11.1 Å². The number of hydrogen-bond acceptors (Lipinski definition) is 6. The molecule has 0 aromatic carbocycles. The van der Waals surface area contributed by atoms with E-state index in [0.29, 0.717) is 15.9 Å². The molecule has 9 heteroatoms. The van der Waals surface area contributed by atoms with Crippen LogP contribution in [0, 0.1) is 6.92 Å². The quantitative estimate of drug-likeness (QED) is 0.682. The number of nitrogens with one attached hydrogen (secondary N) is 1. The molecule has 1 fully saturated rings. The van der Waals surface area contributed by atoms with Gasteiger partial charge in [-0.25, -0.2) is 15.0 Å². The highest BCUT2D eigenvalue weighted by Gasteiger charge is 2.26. The number of aryl methyl sites for hydroxylation is 1. The molecule has 0 atom stereocenters. The van der Waals surface area contributed by atoms with E-state index in [-0.39, 0.29) is 18.1 Å². The first-order chi connectivity index (χ1) is 13.6. The van der Waals surface area contributed by atoms with Gasteiger partial charge in [-0.2, -0.15) is 0 Å². The summed E-state index contributed by atoms with van der Waals surface area (Å²) in [5.41, 5.74) is 0.753. The topological polar surface area (TPSA) is 81.9 Å². The number of halogens is 1. The number of thiazole rings is 1. The van der Waals surface area contributed by atoms with Gasteiger partial charge in [0.25, 0.3) is 5.91 Å². The zero-order chi connectivity index (χ0) is 19.5. The Morgan fingerprint density at radius 1 is 1.21 bits per heavy atom. The molecule has 0 unspecified atom stereocenters. The minimum absolute atomic E-state index is 0.0554. The van der Waals surface area contributed by atoms with Gasteiger partial charge in [-0.1, -0.05) is 22.9 Å². The lowest BCUT2D eigenvalue weighted by molar-refractivity contribution is 0.0888. The second-order valence-electron chi connectivity index (χ2n) is 6.75. The third kappa shape index (κ3) is 4.34. The number of amides is 1. The highest BCUT2D eigenvalue weighted by atomic mass is 35.5. The molecule has 1 saturated carbocycles. The van der Waals surface area contributed by atoms with Gasteiger partial charge in [0.1, 0.15) is 11.0 Å². The Balaban J connectivity index is 1.31. The highest BCUT2D eigenvalue weighted by molar-refractivity contribution is 7.16. The number of carbonyl (C=O) groups is 1. The standard InChI is InChI=1S/C19H20ClN5O2S/c1-12-16(28-19(23-12)25-8-2-3-9-25)17(26)24-14-4-6-15(7-5-14)27-18-21-10-13(20)11-22-18/h2-3,8-11,14-15H,4-7H2,1H3,(H,24,26). The van der Waals surface area contributed by atoms with Crippen LogP contribution in [0.3, 0.4) is 0 Å². The van der Waals surface area contributed by atoms with E-state index >= 15 is 0 Å². The Hall–Kier alpha value is -2.45. The first kappa shape index (κ1) is 18.9. The van der Waals surface area contributed by atoms with Gasteiger partial charge in [0.15, 0.2) is 5.13 Å². The highest BCUT2D eigenvalue weighted by Crippen LogP contribution is 2.25. The molecule has 1 aliphatic carbocycles.